The predicted octanol–water partition coefficient (Wildman–Crippen LogP) is 3.49. The van der Waals surface area contributed by atoms with Gasteiger partial charge in [0, 0.05) is 28.4 Å². The number of fused-ring (bicyclic) bond motifs is 1. The Hall–Kier alpha value is -2.93. The Labute approximate surface area is 142 Å². The highest BCUT2D eigenvalue weighted by atomic mass is 32.1. The summed E-state index contributed by atoms with van der Waals surface area (Å²) >= 11 is 1.43. The number of hydrogen-bond acceptors (Lipinski definition) is 6. The average Bonchev–Trinajstić information content (AvgIpc) is 3.21. The molecule has 3 heterocycles. The molecular weight excluding hydrogens is 326 g/mol. The molecule has 0 unspecified atom stereocenters. The summed E-state index contributed by atoms with van der Waals surface area (Å²) in [6.07, 6.45) is 3.17. The monoisotopic (exact) mass is 339 g/mol. The van der Waals surface area contributed by atoms with Gasteiger partial charge in [-0.2, -0.15) is 0 Å². The number of rotatable bonds is 3. The number of ether oxygens (including phenoxy) is 2. The Kier molecular flexibility index (Phi) is 3.62. The van der Waals surface area contributed by atoms with E-state index in [2.05, 4.69) is 15.3 Å². The quantitative estimate of drug-likeness (QED) is 0.791. The lowest BCUT2D eigenvalue weighted by Gasteiger charge is -2.02. The highest BCUT2D eigenvalue weighted by molar-refractivity contribution is 7.16. The van der Waals surface area contributed by atoms with Gasteiger partial charge in [0.15, 0.2) is 16.6 Å². The van der Waals surface area contributed by atoms with Crippen LogP contribution >= 0.6 is 11.3 Å². The van der Waals surface area contributed by atoms with Gasteiger partial charge >= 0.3 is 0 Å². The second-order valence-electron chi connectivity index (χ2n) is 5.18. The number of benzene rings is 1. The number of amides is 1. The zero-order valence-electron chi connectivity index (χ0n) is 12.8. The maximum absolute atomic E-state index is 12.2. The van der Waals surface area contributed by atoms with Crippen molar-refractivity contribution in [2.75, 3.05) is 12.1 Å². The summed E-state index contributed by atoms with van der Waals surface area (Å²) in [5, 5.41) is 3.38. The maximum atomic E-state index is 12.2. The fraction of sp³-hybridized carbons (Fsp3) is 0.118. The molecule has 4 rings (SSSR count). The zero-order chi connectivity index (χ0) is 16.5. The molecule has 0 saturated heterocycles. The molecule has 24 heavy (non-hydrogen) atoms. The van der Waals surface area contributed by atoms with Crippen molar-refractivity contribution in [2.45, 2.75) is 6.92 Å². The predicted molar refractivity (Wildman–Crippen MR) is 90.6 cm³/mol. The zero-order valence-corrected chi connectivity index (χ0v) is 13.6. The molecular formula is C17H13N3O3S. The normalized spacial score (nSPS) is 12.2. The van der Waals surface area contributed by atoms with Gasteiger partial charge in [-0.15, -0.1) is 11.3 Å². The number of hydrogen-bond donors (Lipinski definition) is 1. The van der Waals surface area contributed by atoms with Gasteiger partial charge in [0.25, 0.3) is 5.91 Å². The standard InChI is InChI=1S/C17H13N3O3S/c1-10-15(12-2-3-13-14(8-12)23-9-22-13)19-17(24-10)20-16(21)11-4-6-18-7-5-11/h2-8H,9H2,1H3,(H,19,20,21). The van der Waals surface area contributed by atoms with Crippen LogP contribution in [0, 0.1) is 6.92 Å². The van der Waals surface area contributed by atoms with Crippen LogP contribution in [-0.2, 0) is 0 Å². The lowest BCUT2D eigenvalue weighted by atomic mass is 10.1. The van der Waals surface area contributed by atoms with Crippen molar-refractivity contribution >= 4 is 22.4 Å². The topological polar surface area (TPSA) is 73.3 Å². The maximum Gasteiger partial charge on any atom is 0.257 e. The number of carbonyl (C=O) groups is 1. The van der Waals surface area contributed by atoms with Crippen LogP contribution in [0.4, 0.5) is 5.13 Å². The molecule has 3 aromatic rings. The third kappa shape index (κ3) is 2.69. The lowest BCUT2D eigenvalue weighted by Crippen LogP contribution is -2.11. The SMILES string of the molecule is Cc1sc(NC(=O)c2ccncc2)nc1-c1ccc2c(c1)OCO2. The van der Waals surface area contributed by atoms with E-state index in [-0.39, 0.29) is 12.7 Å². The number of nitrogens with one attached hydrogen (secondary N) is 1. The second-order valence-corrected chi connectivity index (χ2v) is 6.39. The summed E-state index contributed by atoms with van der Waals surface area (Å²) in [4.78, 5) is 21.7. The molecule has 7 heteroatoms. The largest absolute Gasteiger partial charge is 0.454 e. The van der Waals surface area contributed by atoms with Crippen molar-refractivity contribution in [1.29, 1.82) is 0 Å². The minimum atomic E-state index is -0.205. The number of aromatic nitrogens is 2. The molecule has 0 fully saturated rings. The summed E-state index contributed by atoms with van der Waals surface area (Å²) < 4.78 is 10.7. The summed E-state index contributed by atoms with van der Waals surface area (Å²) in [7, 11) is 0. The van der Waals surface area contributed by atoms with Gasteiger partial charge in [-0.25, -0.2) is 4.98 Å². The smallest absolute Gasteiger partial charge is 0.257 e. The number of carbonyl (C=O) groups excluding carboxylic acids is 1. The van der Waals surface area contributed by atoms with E-state index in [0.29, 0.717) is 16.4 Å². The van der Waals surface area contributed by atoms with Crippen molar-refractivity contribution in [3.05, 3.63) is 53.2 Å². The minimum Gasteiger partial charge on any atom is -0.454 e. The Balaban J connectivity index is 1.60. The van der Waals surface area contributed by atoms with Crippen LogP contribution in [-0.4, -0.2) is 22.7 Å². The molecule has 0 atom stereocenters. The van der Waals surface area contributed by atoms with Gasteiger partial charge in [-0.05, 0) is 37.3 Å². The number of anilines is 1. The second kappa shape index (κ2) is 5.93. The Morgan fingerprint density at radius 1 is 1.17 bits per heavy atom. The molecule has 6 nitrogen and oxygen atoms in total. The fourth-order valence-corrected chi connectivity index (χ4v) is 3.26. The molecule has 0 spiro atoms. The highest BCUT2D eigenvalue weighted by Crippen LogP contribution is 2.38. The third-order valence-corrected chi connectivity index (χ3v) is 4.49. The van der Waals surface area contributed by atoms with E-state index in [9.17, 15) is 4.79 Å². The van der Waals surface area contributed by atoms with Crippen molar-refractivity contribution in [2.24, 2.45) is 0 Å². The third-order valence-electron chi connectivity index (χ3n) is 3.61. The Morgan fingerprint density at radius 3 is 2.79 bits per heavy atom. The molecule has 1 aromatic carbocycles. The molecule has 1 amide bonds. The van der Waals surface area contributed by atoms with E-state index in [1.165, 1.54) is 11.3 Å². The molecule has 1 aliphatic rings. The van der Waals surface area contributed by atoms with Crippen LogP contribution in [0.25, 0.3) is 11.3 Å². The average molecular weight is 339 g/mol. The van der Waals surface area contributed by atoms with Crippen molar-refractivity contribution in [3.63, 3.8) is 0 Å². The van der Waals surface area contributed by atoms with Gasteiger partial charge < -0.3 is 9.47 Å². The van der Waals surface area contributed by atoms with Crippen LogP contribution < -0.4 is 14.8 Å². The summed E-state index contributed by atoms with van der Waals surface area (Å²) in [6, 6.07) is 9.03. The van der Waals surface area contributed by atoms with Gasteiger partial charge in [0.2, 0.25) is 6.79 Å². The van der Waals surface area contributed by atoms with Crippen LogP contribution in [0.1, 0.15) is 15.2 Å². The molecule has 0 saturated carbocycles. The van der Waals surface area contributed by atoms with Gasteiger partial charge in [0.05, 0.1) is 5.69 Å². The first-order valence-electron chi connectivity index (χ1n) is 7.29. The molecule has 1 N–H and O–H groups in total. The molecule has 120 valence electrons. The molecule has 1 aliphatic heterocycles. The first-order chi connectivity index (χ1) is 11.7. The van der Waals surface area contributed by atoms with Crippen LogP contribution in [0.15, 0.2) is 42.7 Å². The van der Waals surface area contributed by atoms with Crippen molar-refractivity contribution < 1.29 is 14.3 Å². The highest BCUT2D eigenvalue weighted by Gasteiger charge is 2.17. The van der Waals surface area contributed by atoms with Gasteiger partial charge in [0.1, 0.15) is 0 Å². The van der Waals surface area contributed by atoms with Crippen molar-refractivity contribution in [1.82, 2.24) is 9.97 Å². The number of pyridine rings is 1. The number of nitrogens with zero attached hydrogens (tertiary/aromatic N) is 2. The van der Waals surface area contributed by atoms with Crippen LogP contribution in [0.2, 0.25) is 0 Å². The van der Waals surface area contributed by atoms with E-state index >= 15 is 0 Å². The molecule has 2 aromatic heterocycles. The Morgan fingerprint density at radius 2 is 1.96 bits per heavy atom. The summed E-state index contributed by atoms with van der Waals surface area (Å²) in [6.45, 7) is 2.21. The van der Waals surface area contributed by atoms with Crippen LogP contribution in [0.5, 0.6) is 11.5 Å². The van der Waals surface area contributed by atoms with E-state index < -0.39 is 0 Å². The molecule has 0 aliphatic carbocycles. The van der Waals surface area contributed by atoms with E-state index in [1.807, 2.05) is 25.1 Å². The van der Waals surface area contributed by atoms with Crippen molar-refractivity contribution in [3.8, 4) is 22.8 Å². The van der Waals surface area contributed by atoms with E-state index in [1.54, 1.807) is 24.5 Å². The van der Waals surface area contributed by atoms with Gasteiger partial charge in [-0.1, -0.05) is 0 Å². The minimum absolute atomic E-state index is 0.205. The van der Waals surface area contributed by atoms with E-state index in [0.717, 1.165) is 21.9 Å². The van der Waals surface area contributed by atoms with E-state index in [4.69, 9.17) is 9.47 Å². The number of aryl methyl sites for hydroxylation is 1. The Bertz CT molecular complexity index is 909. The van der Waals surface area contributed by atoms with Gasteiger partial charge in [-0.3, -0.25) is 15.1 Å². The fourth-order valence-electron chi connectivity index (χ4n) is 2.43. The summed E-state index contributed by atoms with van der Waals surface area (Å²) in [5.74, 6) is 1.24. The first-order valence-corrected chi connectivity index (χ1v) is 8.11. The van der Waals surface area contributed by atoms with Crippen LogP contribution in [0.3, 0.4) is 0 Å². The first kappa shape index (κ1) is 14.6. The number of thiazole rings is 1. The molecule has 0 bridgehead atoms. The summed E-state index contributed by atoms with van der Waals surface area (Å²) in [5.41, 5.74) is 2.29. The lowest BCUT2D eigenvalue weighted by molar-refractivity contribution is 0.102. The molecule has 0 radical (unpaired) electrons.